The summed E-state index contributed by atoms with van der Waals surface area (Å²) in [6.07, 6.45) is 0.923. The van der Waals surface area contributed by atoms with Crippen molar-refractivity contribution in [3.05, 3.63) is 30.3 Å². The predicted molar refractivity (Wildman–Crippen MR) is 70.8 cm³/mol. The van der Waals surface area contributed by atoms with E-state index in [1.165, 1.54) is 0 Å². The van der Waals surface area contributed by atoms with Crippen molar-refractivity contribution in [1.29, 1.82) is 0 Å². The standard InChI is InChI=1S/C14H20N2O2/c1-2-8-15-9-11-16(12-10-15)14(17)18-13-6-4-3-5-7-13/h3-7H,2,8-12H2,1H3. The average Bonchev–Trinajstić information content (AvgIpc) is 2.41. The summed E-state index contributed by atoms with van der Waals surface area (Å²) >= 11 is 0. The largest absolute Gasteiger partial charge is 0.415 e. The van der Waals surface area contributed by atoms with Gasteiger partial charge in [0.15, 0.2) is 0 Å². The van der Waals surface area contributed by atoms with Crippen LogP contribution < -0.4 is 4.74 Å². The lowest BCUT2D eigenvalue weighted by Gasteiger charge is -2.33. The molecule has 1 saturated heterocycles. The molecule has 0 spiro atoms. The highest BCUT2D eigenvalue weighted by Gasteiger charge is 2.21. The van der Waals surface area contributed by atoms with Gasteiger partial charge in [0.1, 0.15) is 5.75 Å². The quantitative estimate of drug-likeness (QED) is 0.822. The van der Waals surface area contributed by atoms with Gasteiger partial charge in [0.2, 0.25) is 0 Å². The van der Waals surface area contributed by atoms with Crippen LogP contribution in [0.5, 0.6) is 5.75 Å². The van der Waals surface area contributed by atoms with Gasteiger partial charge in [0.25, 0.3) is 0 Å². The molecule has 0 saturated carbocycles. The zero-order valence-corrected chi connectivity index (χ0v) is 10.8. The molecule has 0 unspecified atom stereocenters. The van der Waals surface area contributed by atoms with Crippen LogP contribution in [-0.4, -0.2) is 48.6 Å². The summed E-state index contributed by atoms with van der Waals surface area (Å²) in [5, 5.41) is 0. The number of rotatable bonds is 3. The molecule has 0 N–H and O–H groups in total. The Morgan fingerprint density at radius 1 is 1.17 bits per heavy atom. The molecule has 0 aromatic heterocycles. The van der Waals surface area contributed by atoms with Crippen molar-refractivity contribution in [2.75, 3.05) is 32.7 Å². The summed E-state index contributed by atoms with van der Waals surface area (Å²) in [6.45, 7) is 6.68. The Labute approximate surface area is 108 Å². The molecule has 1 heterocycles. The van der Waals surface area contributed by atoms with Gasteiger partial charge in [0, 0.05) is 26.2 Å². The van der Waals surface area contributed by atoms with Crippen LogP contribution in [0.2, 0.25) is 0 Å². The molecule has 4 heteroatoms. The van der Waals surface area contributed by atoms with Gasteiger partial charge in [-0.1, -0.05) is 25.1 Å². The minimum atomic E-state index is -0.239. The highest BCUT2D eigenvalue weighted by Crippen LogP contribution is 2.11. The summed E-state index contributed by atoms with van der Waals surface area (Å²) in [7, 11) is 0. The van der Waals surface area contributed by atoms with Crippen LogP contribution in [0.3, 0.4) is 0 Å². The molecule has 0 atom stereocenters. The summed E-state index contributed by atoms with van der Waals surface area (Å²) in [5.74, 6) is 0.610. The zero-order chi connectivity index (χ0) is 12.8. The van der Waals surface area contributed by atoms with Gasteiger partial charge in [-0.15, -0.1) is 0 Å². The van der Waals surface area contributed by atoms with Crippen molar-refractivity contribution in [3.8, 4) is 5.75 Å². The number of hydrogen-bond acceptors (Lipinski definition) is 3. The van der Waals surface area contributed by atoms with E-state index in [0.717, 1.165) is 39.1 Å². The first-order chi connectivity index (χ1) is 8.79. The molecule has 1 aromatic carbocycles. The van der Waals surface area contributed by atoms with Crippen LogP contribution in [0.4, 0.5) is 4.79 Å². The number of ether oxygens (including phenoxy) is 1. The molecule has 1 aliphatic rings. The summed E-state index contributed by atoms with van der Waals surface area (Å²) in [4.78, 5) is 16.1. The average molecular weight is 248 g/mol. The number of amides is 1. The van der Waals surface area contributed by atoms with Crippen LogP contribution in [0, 0.1) is 0 Å². The van der Waals surface area contributed by atoms with E-state index < -0.39 is 0 Å². The van der Waals surface area contributed by atoms with Gasteiger partial charge in [-0.2, -0.15) is 0 Å². The number of nitrogens with zero attached hydrogens (tertiary/aromatic N) is 2. The lowest BCUT2D eigenvalue weighted by atomic mass is 10.3. The summed E-state index contributed by atoms with van der Waals surface area (Å²) in [5.41, 5.74) is 0. The molecule has 18 heavy (non-hydrogen) atoms. The molecule has 1 aliphatic heterocycles. The van der Waals surface area contributed by atoms with E-state index in [4.69, 9.17) is 4.74 Å². The second kappa shape index (κ2) is 6.40. The zero-order valence-electron chi connectivity index (χ0n) is 10.8. The molecule has 98 valence electrons. The normalized spacial score (nSPS) is 16.6. The van der Waals surface area contributed by atoms with Gasteiger partial charge in [-0.25, -0.2) is 4.79 Å². The molecule has 1 fully saturated rings. The number of piperazine rings is 1. The van der Waals surface area contributed by atoms with Crippen molar-refractivity contribution in [1.82, 2.24) is 9.80 Å². The molecule has 0 radical (unpaired) electrons. The van der Waals surface area contributed by atoms with Crippen molar-refractivity contribution in [2.45, 2.75) is 13.3 Å². The number of benzene rings is 1. The van der Waals surface area contributed by atoms with Gasteiger partial charge < -0.3 is 9.64 Å². The topological polar surface area (TPSA) is 32.8 Å². The molecular weight excluding hydrogens is 228 g/mol. The first-order valence-corrected chi connectivity index (χ1v) is 6.53. The maximum absolute atomic E-state index is 11.9. The van der Waals surface area contributed by atoms with Gasteiger partial charge in [-0.05, 0) is 25.1 Å². The summed E-state index contributed by atoms with van der Waals surface area (Å²) in [6, 6.07) is 9.22. The fraction of sp³-hybridized carbons (Fsp3) is 0.500. The summed E-state index contributed by atoms with van der Waals surface area (Å²) < 4.78 is 5.32. The fourth-order valence-corrected chi connectivity index (χ4v) is 2.12. The van der Waals surface area contributed by atoms with Crippen LogP contribution in [0.1, 0.15) is 13.3 Å². The SMILES string of the molecule is CCCN1CCN(C(=O)Oc2ccccc2)CC1. The molecule has 1 aromatic rings. The van der Waals surface area contributed by atoms with Gasteiger partial charge in [0.05, 0.1) is 0 Å². The van der Waals surface area contributed by atoms with Gasteiger partial charge >= 0.3 is 6.09 Å². The first kappa shape index (κ1) is 12.9. The fourth-order valence-electron chi connectivity index (χ4n) is 2.12. The van der Waals surface area contributed by atoms with Crippen LogP contribution in [0.25, 0.3) is 0 Å². The van der Waals surface area contributed by atoms with E-state index in [2.05, 4.69) is 11.8 Å². The Morgan fingerprint density at radius 2 is 1.83 bits per heavy atom. The number of hydrogen-bond donors (Lipinski definition) is 0. The second-order valence-corrected chi connectivity index (χ2v) is 4.51. The molecule has 0 aliphatic carbocycles. The first-order valence-electron chi connectivity index (χ1n) is 6.53. The van der Waals surface area contributed by atoms with Gasteiger partial charge in [-0.3, -0.25) is 4.90 Å². The Balaban J connectivity index is 1.81. The van der Waals surface area contributed by atoms with Crippen LogP contribution >= 0.6 is 0 Å². The van der Waals surface area contributed by atoms with E-state index >= 15 is 0 Å². The van der Waals surface area contributed by atoms with Crippen LogP contribution in [-0.2, 0) is 0 Å². The third-order valence-electron chi connectivity index (χ3n) is 3.12. The third kappa shape index (κ3) is 3.47. The smallest absolute Gasteiger partial charge is 0.410 e. The highest BCUT2D eigenvalue weighted by atomic mass is 16.6. The molecular formula is C14H20N2O2. The Kier molecular flexibility index (Phi) is 4.59. The van der Waals surface area contributed by atoms with Crippen LogP contribution in [0.15, 0.2) is 30.3 Å². The molecule has 1 amide bonds. The van der Waals surface area contributed by atoms with E-state index in [-0.39, 0.29) is 6.09 Å². The Hall–Kier alpha value is -1.55. The Bertz CT molecular complexity index is 373. The molecule has 4 nitrogen and oxygen atoms in total. The minimum absolute atomic E-state index is 0.239. The van der Waals surface area contributed by atoms with E-state index in [0.29, 0.717) is 5.75 Å². The monoisotopic (exact) mass is 248 g/mol. The van der Waals surface area contributed by atoms with Crippen molar-refractivity contribution < 1.29 is 9.53 Å². The predicted octanol–water partition coefficient (Wildman–Crippen LogP) is 2.21. The van der Waals surface area contributed by atoms with Crippen molar-refractivity contribution in [3.63, 3.8) is 0 Å². The lowest BCUT2D eigenvalue weighted by molar-refractivity contribution is 0.111. The number of para-hydroxylation sites is 1. The van der Waals surface area contributed by atoms with Crippen molar-refractivity contribution >= 4 is 6.09 Å². The van der Waals surface area contributed by atoms with E-state index in [9.17, 15) is 4.79 Å². The van der Waals surface area contributed by atoms with E-state index in [1.807, 2.05) is 18.2 Å². The van der Waals surface area contributed by atoms with Crippen molar-refractivity contribution in [2.24, 2.45) is 0 Å². The number of carbonyl (C=O) groups is 1. The maximum atomic E-state index is 11.9. The maximum Gasteiger partial charge on any atom is 0.415 e. The van der Waals surface area contributed by atoms with E-state index in [1.54, 1.807) is 17.0 Å². The third-order valence-corrected chi connectivity index (χ3v) is 3.12. The second-order valence-electron chi connectivity index (χ2n) is 4.51. The Morgan fingerprint density at radius 3 is 2.44 bits per heavy atom. The number of carbonyl (C=O) groups excluding carboxylic acids is 1. The lowest BCUT2D eigenvalue weighted by Crippen LogP contribution is -2.49. The highest BCUT2D eigenvalue weighted by molar-refractivity contribution is 5.70. The minimum Gasteiger partial charge on any atom is -0.410 e. The molecule has 0 bridgehead atoms. The molecule has 2 rings (SSSR count).